The summed E-state index contributed by atoms with van der Waals surface area (Å²) in [4.78, 5) is 16.3. The molecule has 21 heavy (non-hydrogen) atoms. The van der Waals surface area contributed by atoms with Crippen molar-refractivity contribution < 1.29 is 4.79 Å². The molecule has 1 amide bonds. The van der Waals surface area contributed by atoms with E-state index < -0.39 is 0 Å². The zero-order valence-electron chi connectivity index (χ0n) is 12.6. The van der Waals surface area contributed by atoms with Gasteiger partial charge in [-0.1, -0.05) is 28.9 Å². The third kappa shape index (κ3) is 7.13. The van der Waals surface area contributed by atoms with Crippen molar-refractivity contribution in [1.82, 2.24) is 16.0 Å². The Morgan fingerprint density at radius 2 is 1.95 bits per heavy atom. The Morgan fingerprint density at radius 1 is 1.19 bits per heavy atom. The maximum absolute atomic E-state index is 11.9. The van der Waals surface area contributed by atoms with Crippen LogP contribution in [0.2, 0.25) is 0 Å². The van der Waals surface area contributed by atoms with Crippen LogP contribution in [-0.2, 0) is 0 Å². The van der Waals surface area contributed by atoms with E-state index in [2.05, 4.69) is 43.8 Å². The number of hydrogen-bond acceptors (Lipinski definition) is 2. The molecular formula is C15H23BrN4O. The number of amides is 1. The fraction of sp³-hybridized carbons (Fsp3) is 0.467. The number of halogens is 1. The predicted octanol–water partition coefficient (Wildman–Crippen LogP) is 2.14. The first kappa shape index (κ1) is 17.5. The molecule has 1 aromatic carbocycles. The van der Waals surface area contributed by atoms with E-state index >= 15 is 0 Å². The van der Waals surface area contributed by atoms with Gasteiger partial charge in [-0.15, -0.1) is 0 Å². The molecular weight excluding hydrogens is 332 g/mol. The Morgan fingerprint density at radius 3 is 2.62 bits per heavy atom. The summed E-state index contributed by atoms with van der Waals surface area (Å²) in [6, 6.07) is 7.33. The molecule has 0 heterocycles. The van der Waals surface area contributed by atoms with Crippen LogP contribution in [0.1, 0.15) is 30.6 Å². The predicted molar refractivity (Wildman–Crippen MR) is 90.7 cm³/mol. The molecule has 1 aromatic rings. The number of benzene rings is 1. The zero-order valence-corrected chi connectivity index (χ0v) is 14.2. The molecule has 5 nitrogen and oxygen atoms in total. The van der Waals surface area contributed by atoms with Crippen molar-refractivity contribution in [1.29, 1.82) is 0 Å². The van der Waals surface area contributed by atoms with E-state index in [0.717, 1.165) is 29.9 Å². The highest BCUT2D eigenvalue weighted by molar-refractivity contribution is 9.10. The van der Waals surface area contributed by atoms with Gasteiger partial charge in [0.25, 0.3) is 5.91 Å². The zero-order chi connectivity index (χ0) is 15.5. The van der Waals surface area contributed by atoms with Gasteiger partial charge in [0.1, 0.15) is 0 Å². The summed E-state index contributed by atoms with van der Waals surface area (Å²) in [5, 5.41) is 9.23. The number of rotatable bonds is 7. The van der Waals surface area contributed by atoms with E-state index in [0.29, 0.717) is 18.7 Å². The molecule has 0 aromatic heterocycles. The van der Waals surface area contributed by atoms with E-state index in [4.69, 9.17) is 0 Å². The first-order valence-corrected chi connectivity index (χ1v) is 8.02. The van der Waals surface area contributed by atoms with Crippen LogP contribution in [0.3, 0.4) is 0 Å². The van der Waals surface area contributed by atoms with Crippen molar-refractivity contribution >= 4 is 27.8 Å². The molecule has 6 heteroatoms. The molecule has 0 atom stereocenters. The maximum atomic E-state index is 11.9. The molecule has 0 fully saturated rings. The van der Waals surface area contributed by atoms with Gasteiger partial charge in [-0.05, 0) is 31.5 Å². The molecule has 0 bridgehead atoms. The van der Waals surface area contributed by atoms with Crippen LogP contribution < -0.4 is 16.0 Å². The van der Waals surface area contributed by atoms with Gasteiger partial charge in [-0.2, -0.15) is 0 Å². The first-order valence-electron chi connectivity index (χ1n) is 7.23. The second-order valence-corrected chi connectivity index (χ2v) is 5.37. The molecule has 0 radical (unpaired) electrons. The Hall–Kier alpha value is -1.56. The van der Waals surface area contributed by atoms with Crippen LogP contribution in [0.5, 0.6) is 0 Å². The van der Waals surface area contributed by atoms with Gasteiger partial charge in [-0.25, -0.2) is 0 Å². The summed E-state index contributed by atoms with van der Waals surface area (Å²) in [7, 11) is 0. The molecule has 0 aliphatic heterocycles. The summed E-state index contributed by atoms with van der Waals surface area (Å²) in [6.45, 7) is 6.90. The van der Waals surface area contributed by atoms with E-state index in [1.54, 1.807) is 12.1 Å². The standard InChI is InChI=1S/C15H23BrN4O/c1-3-8-19-15(17-4-2)20-10-9-18-14(21)12-6-5-7-13(16)11-12/h5-7,11H,3-4,8-10H2,1-2H3,(H,18,21)(H2,17,19,20). The Labute approximate surface area is 134 Å². The number of aliphatic imine (C=N–C) groups is 1. The number of carbonyl (C=O) groups excluding carboxylic acids is 1. The van der Waals surface area contributed by atoms with Gasteiger partial charge < -0.3 is 16.0 Å². The minimum absolute atomic E-state index is 0.0754. The maximum Gasteiger partial charge on any atom is 0.251 e. The molecule has 0 saturated heterocycles. The third-order valence-electron chi connectivity index (χ3n) is 2.63. The molecule has 1 rings (SSSR count). The van der Waals surface area contributed by atoms with Crippen LogP contribution in [-0.4, -0.2) is 38.0 Å². The van der Waals surface area contributed by atoms with Gasteiger partial charge in [-0.3, -0.25) is 9.79 Å². The second kappa shape index (κ2) is 10.2. The highest BCUT2D eigenvalue weighted by atomic mass is 79.9. The van der Waals surface area contributed by atoms with Crippen molar-refractivity contribution in [2.24, 2.45) is 4.99 Å². The normalized spacial score (nSPS) is 11.1. The number of guanidine groups is 1. The smallest absolute Gasteiger partial charge is 0.251 e. The lowest BCUT2D eigenvalue weighted by molar-refractivity contribution is 0.0954. The first-order chi connectivity index (χ1) is 10.2. The molecule has 3 N–H and O–H groups in total. The quantitative estimate of drug-likeness (QED) is 0.399. The van der Waals surface area contributed by atoms with Crippen LogP contribution in [0.25, 0.3) is 0 Å². The molecule has 0 aliphatic carbocycles. The van der Waals surface area contributed by atoms with Crippen LogP contribution in [0.15, 0.2) is 33.7 Å². The van der Waals surface area contributed by atoms with Crippen molar-refractivity contribution in [3.8, 4) is 0 Å². The highest BCUT2D eigenvalue weighted by Crippen LogP contribution is 2.11. The van der Waals surface area contributed by atoms with Crippen LogP contribution in [0, 0.1) is 0 Å². The number of hydrogen-bond donors (Lipinski definition) is 3. The monoisotopic (exact) mass is 354 g/mol. The third-order valence-corrected chi connectivity index (χ3v) is 3.12. The van der Waals surface area contributed by atoms with E-state index in [1.165, 1.54) is 0 Å². The van der Waals surface area contributed by atoms with Crippen LogP contribution >= 0.6 is 15.9 Å². The molecule has 0 saturated carbocycles. The van der Waals surface area contributed by atoms with Gasteiger partial charge in [0.2, 0.25) is 0 Å². The lowest BCUT2D eigenvalue weighted by Crippen LogP contribution is -2.41. The van der Waals surface area contributed by atoms with Crippen LogP contribution in [0.4, 0.5) is 0 Å². The Kier molecular flexibility index (Phi) is 8.50. The van der Waals surface area contributed by atoms with E-state index in [-0.39, 0.29) is 5.91 Å². The molecule has 116 valence electrons. The topological polar surface area (TPSA) is 65.5 Å². The summed E-state index contributed by atoms with van der Waals surface area (Å²) >= 11 is 3.36. The van der Waals surface area contributed by atoms with E-state index in [1.807, 2.05) is 19.1 Å². The summed E-state index contributed by atoms with van der Waals surface area (Å²) in [6.07, 6.45) is 1.01. The van der Waals surface area contributed by atoms with E-state index in [9.17, 15) is 4.79 Å². The minimum Gasteiger partial charge on any atom is -0.357 e. The average molecular weight is 355 g/mol. The fourth-order valence-electron chi connectivity index (χ4n) is 1.65. The molecule has 0 spiro atoms. The van der Waals surface area contributed by atoms with Crippen molar-refractivity contribution in [2.45, 2.75) is 20.3 Å². The summed E-state index contributed by atoms with van der Waals surface area (Å²) in [5.41, 5.74) is 0.649. The minimum atomic E-state index is -0.0754. The SMILES string of the molecule is CCCN=C(NCC)NCCNC(=O)c1cccc(Br)c1. The summed E-state index contributed by atoms with van der Waals surface area (Å²) < 4.78 is 0.898. The van der Waals surface area contributed by atoms with Gasteiger partial charge in [0.15, 0.2) is 5.96 Å². The van der Waals surface area contributed by atoms with Gasteiger partial charge in [0.05, 0.1) is 0 Å². The van der Waals surface area contributed by atoms with Crippen molar-refractivity contribution in [3.63, 3.8) is 0 Å². The lowest BCUT2D eigenvalue weighted by atomic mass is 10.2. The number of nitrogens with zero attached hydrogens (tertiary/aromatic N) is 1. The molecule has 0 unspecified atom stereocenters. The Bertz CT molecular complexity index is 476. The fourth-order valence-corrected chi connectivity index (χ4v) is 2.05. The van der Waals surface area contributed by atoms with Gasteiger partial charge in [0, 0.05) is 36.2 Å². The van der Waals surface area contributed by atoms with Crippen molar-refractivity contribution in [3.05, 3.63) is 34.3 Å². The number of nitrogens with one attached hydrogen (secondary N) is 3. The highest BCUT2D eigenvalue weighted by Gasteiger charge is 2.04. The largest absolute Gasteiger partial charge is 0.357 e. The summed E-state index contributed by atoms with van der Waals surface area (Å²) in [5.74, 6) is 0.713. The van der Waals surface area contributed by atoms with Gasteiger partial charge >= 0.3 is 0 Å². The Balaban J connectivity index is 2.34. The number of carbonyl (C=O) groups is 1. The second-order valence-electron chi connectivity index (χ2n) is 4.45. The average Bonchev–Trinajstić information content (AvgIpc) is 2.48. The van der Waals surface area contributed by atoms with Crippen molar-refractivity contribution in [2.75, 3.05) is 26.2 Å². The lowest BCUT2D eigenvalue weighted by Gasteiger charge is -2.11. The molecule has 0 aliphatic rings.